The van der Waals surface area contributed by atoms with Crippen molar-refractivity contribution in [2.45, 2.75) is 32.4 Å². The van der Waals surface area contributed by atoms with Crippen molar-refractivity contribution in [2.75, 3.05) is 19.0 Å². The van der Waals surface area contributed by atoms with E-state index in [2.05, 4.69) is 35.1 Å². The van der Waals surface area contributed by atoms with Crippen molar-refractivity contribution >= 4 is 11.7 Å². The zero-order valence-corrected chi connectivity index (χ0v) is 13.7. The van der Waals surface area contributed by atoms with Crippen LogP contribution in [-0.2, 0) is 6.54 Å². The first kappa shape index (κ1) is 15.5. The van der Waals surface area contributed by atoms with Crippen molar-refractivity contribution in [3.05, 3.63) is 48.3 Å². The second-order valence-electron chi connectivity index (χ2n) is 5.78. The van der Waals surface area contributed by atoms with Crippen LogP contribution in [0, 0.1) is 0 Å². The van der Waals surface area contributed by atoms with E-state index in [1.165, 1.54) is 5.69 Å². The first-order valence-corrected chi connectivity index (χ1v) is 8.09. The summed E-state index contributed by atoms with van der Waals surface area (Å²) in [7, 11) is 1.63. The van der Waals surface area contributed by atoms with Crippen LogP contribution in [0.2, 0.25) is 0 Å². The van der Waals surface area contributed by atoms with Gasteiger partial charge in [-0.1, -0.05) is 13.3 Å². The van der Waals surface area contributed by atoms with E-state index in [0.29, 0.717) is 0 Å². The van der Waals surface area contributed by atoms with Crippen LogP contribution in [0.1, 0.15) is 31.5 Å². The number of nitrogens with one attached hydrogen (secondary N) is 1. The lowest BCUT2D eigenvalue weighted by molar-refractivity contribution is 0.163. The van der Waals surface area contributed by atoms with Gasteiger partial charge >= 0.3 is 6.03 Å². The molecule has 5 heteroatoms. The number of rotatable bonds is 4. The zero-order valence-electron chi connectivity index (χ0n) is 13.7. The molecule has 0 aliphatic carbocycles. The van der Waals surface area contributed by atoms with Gasteiger partial charge in [-0.3, -0.25) is 0 Å². The third-order valence-electron chi connectivity index (χ3n) is 4.33. The van der Waals surface area contributed by atoms with Crippen LogP contribution >= 0.6 is 0 Å². The summed E-state index contributed by atoms with van der Waals surface area (Å²) in [6.07, 6.45) is 4.11. The van der Waals surface area contributed by atoms with Crippen molar-refractivity contribution in [2.24, 2.45) is 0 Å². The number of amides is 2. The van der Waals surface area contributed by atoms with Gasteiger partial charge in [0.1, 0.15) is 5.75 Å². The van der Waals surface area contributed by atoms with Crippen LogP contribution < -0.4 is 10.1 Å². The van der Waals surface area contributed by atoms with Crippen molar-refractivity contribution in [1.29, 1.82) is 0 Å². The molecule has 0 bridgehead atoms. The molecule has 0 spiro atoms. The average Bonchev–Trinajstić information content (AvgIpc) is 3.05. The number of urea groups is 1. The molecule has 1 aromatic carbocycles. The summed E-state index contributed by atoms with van der Waals surface area (Å²) < 4.78 is 7.39. The minimum Gasteiger partial charge on any atom is -0.497 e. The fourth-order valence-electron chi connectivity index (χ4n) is 3.15. The minimum atomic E-state index is -0.0407. The number of hydrogen-bond donors (Lipinski definition) is 1. The van der Waals surface area contributed by atoms with Gasteiger partial charge in [0, 0.05) is 30.7 Å². The standard InChI is InChI=1S/C18H23N3O2/c1-3-5-17-16-6-4-11-20(16)12-13-21(17)18(22)19-14-7-9-15(23-2)10-8-14/h4,6-11,17H,3,5,12-13H2,1-2H3,(H,19,22)/t17-/m1/s1. The number of carbonyl (C=O) groups excluding carboxylic acids is 1. The molecule has 5 nitrogen and oxygen atoms in total. The summed E-state index contributed by atoms with van der Waals surface area (Å²) in [6.45, 7) is 3.73. The summed E-state index contributed by atoms with van der Waals surface area (Å²) in [5.74, 6) is 0.780. The Kier molecular flexibility index (Phi) is 4.55. The highest BCUT2D eigenvalue weighted by Gasteiger charge is 2.30. The predicted octanol–water partition coefficient (Wildman–Crippen LogP) is 3.89. The first-order chi connectivity index (χ1) is 11.2. The molecule has 0 saturated heterocycles. The molecule has 122 valence electrons. The molecule has 0 saturated carbocycles. The van der Waals surface area contributed by atoms with E-state index in [4.69, 9.17) is 4.74 Å². The minimum absolute atomic E-state index is 0.0407. The number of nitrogens with zero attached hydrogens (tertiary/aromatic N) is 2. The molecule has 0 radical (unpaired) electrons. The smallest absolute Gasteiger partial charge is 0.322 e. The number of ether oxygens (including phenoxy) is 1. The largest absolute Gasteiger partial charge is 0.497 e. The van der Waals surface area contributed by atoms with Gasteiger partial charge in [0.05, 0.1) is 13.2 Å². The number of aromatic nitrogens is 1. The Balaban J connectivity index is 1.75. The van der Waals surface area contributed by atoms with Gasteiger partial charge in [0.15, 0.2) is 0 Å². The van der Waals surface area contributed by atoms with Gasteiger partial charge in [-0.15, -0.1) is 0 Å². The van der Waals surface area contributed by atoms with E-state index in [-0.39, 0.29) is 12.1 Å². The Hall–Kier alpha value is -2.43. The van der Waals surface area contributed by atoms with Gasteiger partial charge in [0.25, 0.3) is 0 Å². The second kappa shape index (κ2) is 6.77. The fraction of sp³-hybridized carbons (Fsp3) is 0.389. The lowest BCUT2D eigenvalue weighted by Crippen LogP contribution is -2.44. The molecular weight excluding hydrogens is 290 g/mol. The summed E-state index contributed by atoms with van der Waals surface area (Å²) in [4.78, 5) is 14.7. The third-order valence-corrected chi connectivity index (χ3v) is 4.33. The molecule has 2 heterocycles. The van der Waals surface area contributed by atoms with Crippen molar-refractivity contribution in [1.82, 2.24) is 9.47 Å². The Morgan fingerprint density at radius 3 is 2.74 bits per heavy atom. The first-order valence-electron chi connectivity index (χ1n) is 8.09. The molecule has 2 amide bonds. The second-order valence-corrected chi connectivity index (χ2v) is 5.78. The maximum Gasteiger partial charge on any atom is 0.322 e. The molecule has 1 aliphatic rings. The Labute approximate surface area is 136 Å². The van der Waals surface area contributed by atoms with E-state index < -0.39 is 0 Å². The third kappa shape index (κ3) is 3.18. The summed E-state index contributed by atoms with van der Waals surface area (Å²) in [5, 5.41) is 3.00. The van der Waals surface area contributed by atoms with Crippen LogP contribution in [0.4, 0.5) is 10.5 Å². The molecular formula is C18H23N3O2. The van der Waals surface area contributed by atoms with Gasteiger partial charge in [-0.25, -0.2) is 4.79 Å². The molecule has 1 aromatic heterocycles. The zero-order chi connectivity index (χ0) is 16.2. The fourth-order valence-corrected chi connectivity index (χ4v) is 3.15. The highest BCUT2D eigenvalue weighted by atomic mass is 16.5. The highest BCUT2D eigenvalue weighted by Crippen LogP contribution is 2.30. The molecule has 3 rings (SSSR count). The van der Waals surface area contributed by atoms with Crippen LogP contribution in [0.3, 0.4) is 0 Å². The molecule has 23 heavy (non-hydrogen) atoms. The number of hydrogen-bond acceptors (Lipinski definition) is 2. The van der Waals surface area contributed by atoms with Crippen LogP contribution in [-0.4, -0.2) is 29.2 Å². The lowest BCUT2D eigenvalue weighted by Gasteiger charge is -2.37. The van der Waals surface area contributed by atoms with E-state index in [1.54, 1.807) is 7.11 Å². The topological polar surface area (TPSA) is 46.5 Å². The molecule has 2 aromatic rings. The van der Waals surface area contributed by atoms with Crippen molar-refractivity contribution < 1.29 is 9.53 Å². The van der Waals surface area contributed by atoms with Crippen LogP contribution in [0.15, 0.2) is 42.6 Å². The molecule has 0 unspecified atom stereocenters. The maximum absolute atomic E-state index is 12.7. The summed E-state index contributed by atoms with van der Waals surface area (Å²) in [6, 6.07) is 11.7. The Morgan fingerprint density at radius 1 is 1.26 bits per heavy atom. The number of carbonyl (C=O) groups is 1. The van der Waals surface area contributed by atoms with Gasteiger partial charge in [-0.05, 0) is 42.8 Å². The van der Waals surface area contributed by atoms with Crippen LogP contribution in [0.5, 0.6) is 5.75 Å². The van der Waals surface area contributed by atoms with E-state index in [0.717, 1.165) is 37.4 Å². The molecule has 0 fully saturated rings. The predicted molar refractivity (Wildman–Crippen MR) is 90.8 cm³/mol. The normalized spacial score (nSPS) is 16.8. The van der Waals surface area contributed by atoms with Gasteiger partial charge < -0.3 is 19.5 Å². The summed E-state index contributed by atoms with van der Waals surface area (Å²) >= 11 is 0. The Morgan fingerprint density at radius 2 is 2.04 bits per heavy atom. The molecule has 1 aliphatic heterocycles. The average molecular weight is 313 g/mol. The van der Waals surface area contributed by atoms with Gasteiger partial charge in [-0.2, -0.15) is 0 Å². The number of fused-ring (bicyclic) bond motifs is 1. The van der Waals surface area contributed by atoms with E-state index in [1.807, 2.05) is 29.2 Å². The van der Waals surface area contributed by atoms with Crippen molar-refractivity contribution in [3.63, 3.8) is 0 Å². The molecule has 1 N–H and O–H groups in total. The number of anilines is 1. The quantitative estimate of drug-likeness (QED) is 0.931. The number of benzene rings is 1. The number of methoxy groups -OCH3 is 1. The highest BCUT2D eigenvalue weighted by molar-refractivity contribution is 5.89. The molecule has 1 atom stereocenters. The monoisotopic (exact) mass is 313 g/mol. The van der Waals surface area contributed by atoms with E-state index >= 15 is 0 Å². The SMILES string of the molecule is CCC[C@@H]1c2cccn2CCN1C(=O)Nc1ccc(OC)cc1. The van der Waals surface area contributed by atoms with E-state index in [9.17, 15) is 4.79 Å². The Bertz CT molecular complexity index is 663. The maximum atomic E-state index is 12.7. The van der Waals surface area contributed by atoms with Crippen molar-refractivity contribution in [3.8, 4) is 5.75 Å². The summed E-state index contributed by atoms with van der Waals surface area (Å²) in [5.41, 5.74) is 2.01. The van der Waals surface area contributed by atoms with Crippen LogP contribution in [0.25, 0.3) is 0 Å². The lowest BCUT2D eigenvalue weighted by atomic mass is 10.0. The van der Waals surface area contributed by atoms with Gasteiger partial charge in [0.2, 0.25) is 0 Å².